The molecule has 8 heteroatoms. The highest BCUT2D eigenvalue weighted by atomic mass is 19.4. The van der Waals surface area contributed by atoms with E-state index in [0.29, 0.717) is 25.3 Å². The number of hydrogen-bond donors (Lipinski definition) is 0. The Hall–Kier alpha value is -1.25. The summed E-state index contributed by atoms with van der Waals surface area (Å²) in [5.41, 5.74) is 0.643. The lowest BCUT2D eigenvalue weighted by atomic mass is 9.78. The van der Waals surface area contributed by atoms with E-state index in [1.54, 1.807) is 0 Å². The molecule has 0 spiro atoms. The van der Waals surface area contributed by atoms with Gasteiger partial charge in [0.1, 0.15) is 11.9 Å². The number of rotatable bonds is 7. The van der Waals surface area contributed by atoms with Crippen molar-refractivity contribution in [2.24, 2.45) is 0 Å². The Labute approximate surface area is 134 Å². The first-order valence-electron chi connectivity index (χ1n) is 7.68. The Morgan fingerprint density at radius 3 is 2.35 bits per heavy atom. The molecule has 1 aliphatic rings. The summed E-state index contributed by atoms with van der Waals surface area (Å²) in [7, 11) is -0.592. The summed E-state index contributed by atoms with van der Waals surface area (Å²) in [6.45, 7) is 3.61. The molecule has 1 fully saturated rings. The molecule has 0 saturated carbocycles. The van der Waals surface area contributed by atoms with Crippen LogP contribution < -0.4 is 10.2 Å². The van der Waals surface area contributed by atoms with E-state index < -0.39 is 13.5 Å². The molecule has 0 atom stereocenters. The van der Waals surface area contributed by atoms with Crippen molar-refractivity contribution in [2.75, 3.05) is 19.8 Å². The van der Waals surface area contributed by atoms with Crippen molar-refractivity contribution >= 4 is 12.6 Å². The highest BCUT2D eigenvalue weighted by molar-refractivity contribution is 6.61. The van der Waals surface area contributed by atoms with E-state index in [1.807, 2.05) is 0 Å². The minimum Gasteiger partial charge on any atom is -0.406 e. The molecular formula is C15H20BF3O4. The van der Waals surface area contributed by atoms with Gasteiger partial charge in [0.25, 0.3) is 0 Å². The quantitative estimate of drug-likeness (QED) is 0.568. The number of alkyl halides is 3. The summed E-state index contributed by atoms with van der Waals surface area (Å²) in [5, 5.41) is 0. The molecule has 0 unspecified atom stereocenters. The molecule has 1 aliphatic heterocycles. The molecule has 0 aromatic heterocycles. The van der Waals surface area contributed by atoms with Gasteiger partial charge in [-0.2, -0.15) is 0 Å². The molecule has 1 saturated heterocycles. The maximum Gasteiger partial charge on any atom is 0.573 e. The van der Waals surface area contributed by atoms with Crippen molar-refractivity contribution in [2.45, 2.75) is 38.7 Å². The number of benzene rings is 1. The summed E-state index contributed by atoms with van der Waals surface area (Å²) in [6.07, 6.45) is -1.52. The van der Waals surface area contributed by atoms with Gasteiger partial charge in [0.05, 0.1) is 13.2 Å². The second-order valence-electron chi connectivity index (χ2n) is 5.32. The minimum absolute atomic E-state index is 0.101. The zero-order valence-corrected chi connectivity index (χ0v) is 13.0. The molecule has 1 aromatic rings. The fourth-order valence-corrected chi connectivity index (χ4v) is 2.20. The molecule has 0 radical (unpaired) electrons. The first-order valence-corrected chi connectivity index (χ1v) is 7.68. The predicted molar refractivity (Wildman–Crippen MR) is 79.7 cm³/mol. The van der Waals surface area contributed by atoms with Crippen LogP contribution in [0.3, 0.4) is 0 Å². The van der Waals surface area contributed by atoms with E-state index in [9.17, 15) is 13.2 Å². The van der Waals surface area contributed by atoms with Gasteiger partial charge in [0.15, 0.2) is 0 Å². The minimum atomic E-state index is -4.69. The summed E-state index contributed by atoms with van der Waals surface area (Å²) in [6, 6.07) is 5.47. The third-order valence-corrected chi connectivity index (χ3v) is 3.35. The summed E-state index contributed by atoms with van der Waals surface area (Å²) >= 11 is 0. The standard InChI is InChI=1S/C15H20BF3O4/c1-2-3-4-9-20-14-10-21-16(22-11-14)12-5-7-13(8-6-12)23-15(17,18)19/h5-8,14H,2-4,9-11H2,1H3. The summed E-state index contributed by atoms with van der Waals surface area (Å²) in [5.74, 6) is -0.269. The molecule has 0 aliphatic carbocycles. The zero-order chi connectivity index (χ0) is 16.7. The number of halogens is 3. The lowest BCUT2D eigenvalue weighted by molar-refractivity contribution is -0.274. The van der Waals surface area contributed by atoms with Crippen LogP contribution in [0.2, 0.25) is 0 Å². The second kappa shape index (κ2) is 8.56. The van der Waals surface area contributed by atoms with E-state index in [1.165, 1.54) is 24.3 Å². The van der Waals surface area contributed by atoms with Gasteiger partial charge in [0, 0.05) is 6.61 Å². The van der Waals surface area contributed by atoms with Crippen molar-refractivity contribution in [1.29, 1.82) is 0 Å². The van der Waals surface area contributed by atoms with E-state index in [2.05, 4.69) is 11.7 Å². The van der Waals surface area contributed by atoms with Crippen LogP contribution in [0.1, 0.15) is 26.2 Å². The third-order valence-electron chi connectivity index (χ3n) is 3.35. The highest BCUT2D eigenvalue weighted by Gasteiger charge is 2.32. The number of hydrogen-bond acceptors (Lipinski definition) is 4. The molecule has 128 valence electrons. The van der Waals surface area contributed by atoms with Gasteiger partial charge in [-0.05, 0) is 24.0 Å². The lowest BCUT2D eigenvalue weighted by Crippen LogP contribution is -2.47. The van der Waals surface area contributed by atoms with Crippen LogP contribution in [-0.2, 0) is 14.0 Å². The molecular weight excluding hydrogens is 312 g/mol. The van der Waals surface area contributed by atoms with Crippen LogP contribution in [-0.4, -0.2) is 39.4 Å². The van der Waals surface area contributed by atoms with Crippen molar-refractivity contribution in [3.05, 3.63) is 24.3 Å². The SMILES string of the molecule is CCCCCOC1COB(c2ccc(OC(F)(F)F)cc2)OC1. The fraction of sp³-hybridized carbons (Fsp3) is 0.600. The van der Waals surface area contributed by atoms with Crippen LogP contribution in [0.5, 0.6) is 5.75 Å². The van der Waals surface area contributed by atoms with E-state index in [4.69, 9.17) is 14.0 Å². The molecule has 1 heterocycles. The summed E-state index contributed by atoms with van der Waals surface area (Å²) in [4.78, 5) is 0. The maximum absolute atomic E-state index is 12.1. The van der Waals surface area contributed by atoms with Gasteiger partial charge in [0.2, 0.25) is 0 Å². The van der Waals surface area contributed by atoms with Gasteiger partial charge in [-0.1, -0.05) is 31.9 Å². The molecule has 2 rings (SSSR count). The van der Waals surface area contributed by atoms with Gasteiger partial charge in [-0.3, -0.25) is 0 Å². The average molecular weight is 332 g/mol. The van der Waals surface area contributed by atoms with Gasteiger partial charge >= 0.3 is 13.5 Å². The topological polar surface area (TPSA) is 36.9 Å². The maximum atomic E-state index is 12.1. The molecule has 4 nitrogen and oxygen atoms in total. The Morgan fingerprint density at radius 1 is 1.13 bits per heavy atom. The Morgan fingerprint density at radius 2 is 1.78 bits per heavy atom. The van der Waals surface area contributed by atoms with E-state index in [0.717, 1.165) is 19.3 Å². The lowest BCUT2D eigenvalue weighted by Gasteiger charge is -2.27. The van der Waals surface area contributed by atoms with Gasteiger partial charge in [-0.15, -0.1) is 13.2 Å². The Kier molecular flexibility index (Phi) is 6.74. The average Bonchev–Trinajstić information content (AvgIpc) is 2.52. The second-order valence-corrected chi connectivity index (χ2v) is 5.32. The first-order chi connectivity index (χ1) is 11.0. The van der Waals surface area contributed by atoms with Crippen molar-refractivity contribution in [3.63, 3.8) is 0 Å². The van der Waals surface area contributed by atoms with Crippen LogP contribution in [0.15, 0.2) is 24.3 Å². The monoisotopic (exact) mass is 332 g/mol. The van der Waals surface area contributed by atoms with Crippen LogP contribution >= 0.6 is 0 Å². The smallest absolute Gasteiger partial charge is 0.406 e. The normalized spacial score (nSPS) is 16.6. The molecule has 0 N–H and O–H groups in total. The zero-order valence-electron chi connectivity index (χ0n) is 13.0. The number of ether oxygens (including phenoxy) is 2. The third kappa shape index (κ3) is 6.41. The van der Waals surface area contributed by atoms with E-state index in [-0.39, 0.29) is 11.9 Å². The van der Waals surface area contributed by atoms with Crippen molar-refractivity contribution < 1.29 is 32.0 Å². The van der Waals surface area contributed by atoms with Crippen molar-refractivity contribution in [3.8, 4) is 5.75 Å². The Bertz CT molecular complexity index is 459. The number of unbranched alkanes of at least 4 members (excludes halogenated alkanes) is 2. The molecule has 0 bridgehead atoms. The largest absolute Gasteiger partial charge is 0.573 e. The van der Waals surface area contributed by atoms with E-state index >= 15 is 0 Å². The fourth-order valence-electron chi connectivity index (χ4n) is 2.20. The molecule has 1 aromatic carbocycles. The predicted octanol–water partition coefficient (Wildman–Crippen LogP) is 2.90. The van der Waals surface area contributed by atoms with Crippen LogP contribution in [0.4, 0.5) is 13.2 Å². The van der Waals surface area contributed by atoms with Crippen LogP contribution in [0.25, 0.3) is 0 Å². The highest BCUT2D eigenvalue weighted by Crippen LogP contribution is 2.21. The van der Waals surface area contributed by atoms with Gasteiger partial charge in [-0.25, -0.2) is 0 Å². The molecule has 0 amide bonds. The first kappa shape index (κ1) is 18.1. The summed E-state index contributed by atoms with van der Waals surface area (Å²) < 4.78 is 56.9. The molecule has 23 heavy (non-hydrogen) atoms. The van der Waals surface area contributed by atoms with Crippen molar-refractivity contribution in [1.82, 2.24) is 0 Å². The van der Waals surface area contributed by atoms with Gasteiger partial charge < -0.3 is 18.8 Å². The van der Waals surface area contributed by atoms with Crippen LogP contribution in [0, 0.1) is 0 Å². The Balaban J connectivity index is 1.76.